The van der Waals surface area contributed by atoms with Crippen molar-refractivity contribution in [3.05, 3.63) is 138 Å². The topological polar surface area (TPSA) is 542 Å². The number of benzene rings is 4. The van der Waals surface area contributed by atoms with E-state index in [9.17, 15) is 58.2 Å². The second-order valence-corrected chi connectivity index (χ2v) is 38.5. The van der Waals surface area contributed by atoms with Crippen LogP contribution in [0.4, 0.5) is 0 Å². The maximum atomic E-state index is 15.7. The highest BCUT2D eigenvalue weighted by molar-refractivity contribution is 8.00. The summed E-state index contributed by atoms with van der Waals surface area (Å²) in [5, 5.41) is 47.6. The number of Topliss-reactive ketones (excluding diaryl/α,β-unsaturated/α-hetero) is 1. The lowest BCUT2D eigenvalue weighted by molar-refractivity contribution is -0.149. The van der Waals surface area contributed by atoms with Crippen LogP contribution in [0.5, 0.6) is 5.75 Å². The minimum Gasteiger partial charge on any atom is -0.508 e. The number of phenolic OH excluding ortho intramolecular Hbond substituents is 1. The number of unbranched alkanes of at least 4 members (excludes halogenated alkanes) is 2. The van der Waals surface area contributed by atoms with Crippen molar-refractivity contribution in [1.29, 1.82) is 0 Å². The van der Waals surface area contributed by atoms with Crippen LogP contribution >= 0.6 is 11.8 Å². The van der Waals surface area contributed by atoms with Crippen molar-refractivity contribution in [2.45, 2.75) is 249 Å². The fraction of sp³-hybridized carbons (Fsp3) is 0.545. The van der Waals surface area contributed by atoms with Crippen LogP contribution in [-0.4, -0.2) is 307 Å². The lowest BCUT2D eigenvalue weighted by Gasteiger charge is -2.36. The summed E-state index contributed by atoms with van der Waals surface area (Å²) < 4.78 is 0. The highest BCUT2D eigenvalue weighted by Gasteiger charge is 2.47. The summed E-state index contributed by atoms with van der Waals surface area (Å²) in [6.45, 7) is 10.7. The van der Waals surface area contributed by atoms with E-state index in [1.54, 1.807) is 57.1 Å². The van der Waals surface area contributed by atoms with Crippen molar-refractivity contribution in [3.8, 4) is 5.75 Å². The van der Waals surface area contributed by atoms with Gasteiger partial charge in [-0.25, -0.2) is 0 Å². The first-order valence-electron chi connectivity index (χ1n) is 47.9. The number of carbonyl (C=O) groups is 17. The summed E-state index contributed by atoms with van der Waals surface area (Å²) in [7, 11) is 4.10. The van der Waals surface area contributed by atoms with Crippen molar-refractivity contribution >= 4 is 134 Å². The van der Waals surface area contributed by atoms with Crippen LogP contribution < -0.4 is 59.3 Å². The minimum atomic E-state index is -1.75. The number of amides is 16. The van der Waals surface area contributed by atoms with Gasteiger partial charge >= 0.3 is 0 Å². The molecular formula is C99H137N19O19S. The predicted molar refractivity (Wildman–Crippen MR) is 518 cm³/mol. The smallest absolute Gasteiger partial charge is 0.246 e. The van der Waals surface area contributed by atoms with Gasteiger partial charge in [0.05, 0.1) is 37.4 Å². The number of fused-ring (bicyclic) bond motifs is 4. The van der Waals surface area contributed by atoms with Gasteiger partial charge in [-0.2, -0.15) is 0 Å². The molecule has 0 spiro atoms. The van der Waals surface area contributed by atoms with E-state index in [-0.39, 0.29) is 107 Å². The SMILES string of the molecule is CCCC[C@H]1C(=O)N(C)[C@@H](CCCC)C(=O)N[C@@H](CC(C)C)C(=O)N[C@H](C(=O)NCC(=O)N2CCC(c3ccccc3)CC2)CSCC(=O)N[C@@H](Cc2ccc(O)cc2)C(=O)N(C)[C@@H](C)C(=O)N[C@@H](CC(N)=O)C(=O)N2CCC[C@H]2C(=O)N[C@@H](CN)C(=O)N[C@@H](CC(C)C)C(=O)N2C[C@H](O)C[C@H]2C(=O)C[C@@H](Cc2c[nH]c3ccccc23)C(=O)NCC(=O)N[C@@H](Cc2c[nH]c3ccccc23)C(=O)N1C. The monoisotopic (exact) mass is 1930 g/mol. The van der Waals surface area contributed by atoms with Gasteiger partial charge in [-0.1, -0.05) is 146 Å². The van der Waals surface area contributed by atoms with Crippen LogP contribution in [0.25, 0.3) is 21.8 Å². The summed E-state index contributed by atoms with van der Waals surface area (Å²) in [4.78, 5) is 266. The number of rotatable bonds is 23. The Balaban J connectivity index is 0.985. The number of carbonyl (C=O) groups excluding carboxylic acids is 17. The number of hydrogen-bond donors (Lipinski definition) is 15. The van der Waals surface area contributed by atoms with E-state index in [0.29, 0.717) is 90.1 Å². The number of nitrogens with two attached hydrogens (primary N) is 2. The van der Waals surface area contributed by atoms with Gasteiger partial charge < -0.3 is 109 Å². The first kappa shape index (κ1) is 107. The molecule has 138 heavy (non-hydrogen) atoms. The highest BCUT2D eigenvalue weighted by Crippen LogP contribution is 2.32. The Morgan fingerprint density at radius 1 is 0.543 bits per heavy atom. The molecule has 0 saturated carbocycles. The van der Waals surface area contributed by atoms with E-state index in [4.69, 9.17) is 11.5 Å². The zero-order chi connectivity index (χ0) is 100. The molecule has 2 aromatic heterocycles. The summed E-state index contributed by atoms with van der Waals surface area (Å²) in [5.74, 6) is -16.5. The van der Waals surface area contributed by atoms with Crippen molar-refractivity contribution in [2.75, 3.05) is 78.5 Å². The second kappa shape index (κ2) is 51.0. The molecule has 6 aromatic rings. The molecule has 4 aromatic carbocycles. The van der Waals surface area contributed by atoms with Gasteiger partial charge in [-0.3, -0.25) is 81.5 Å². The minimum absolute atomic E-state index is 0.00894. The average Bonchev–Trinajstić information content (AvgIpc) is 1.20. The number of likely N-dealkylation sites (tertiary alicyclic amines) is 1. The molecule has 0 radical (unpaired) electrons. The van der Waals surface area contributed by atoms with E-state index >= 15 is 33.6 Å². The molecule has 38 nitrogen and oxygen atoms in total. The normalized spacial score (nSPS) is 24.9. The van der Waals surface area contributed by atoms with Crippen LogP contribution in [0.1, 0.15) is 173 Å². The number of thioether (sulfide) groups is 1. The quantitative estimate of drug-likeness (QED) is 0.0438. The number of primary amides is 1. The maximum absolute atomic E-state index is 15.7. The average molecular weight is 1930 g/mol. The number of aromatic hydroxyl groups is 1. The Hall–Kier alpha value is -12.8. The number of aromatic amines is 2. The molecule has 4 saturated heterocycles. The van der Waals surface area contributed by atoms with Crippen molar-refractivity contribution in [1.82, 2.24) is 87.2 Å². The number of nitrogens with one attached hydrogen (secondary N) is 11. The number of nitrogens with zero attached hydrogens (tertiary/aromatic N) is 6. The number of ketones is 1. The summed E-state index contributed by atoms with van der Waals surface area (Å²) in [6.07, 6.45) is 3.49. The van der Waals surface area contributed by atoms with Gasteiger partial charge in [-0.05, 0) is 129 Å². The zero-order valence-electron chi connectivity index (χ0n) is 80.5. The number of likely N-dealkylation sites (N-methyl/N-ethyl adjacent to an activating group) is 3. The molecule has 4 fully saturated rings. The molecule has 0 aliphatic carbocycles. The fourth-order valence-electron chi connectivity index (χ4n) is 18.5. The molecule has 14 atom stereocenters. The molecule has 10 rings (SSSR count). The van der Waals surface area contributed by atoms with Crippen LogP contribution in [-0.2, 0) is 101 Å². The molecule has 748 valence electrons. The van der Waals surface area contributed by atoms with E-state index in [1.807, 2.05) is 80.6 Å². The van der Waals surface area contributed by atoms with Crippen LogP contribution in [0.3, 0.4) is 0 Å². The number of aromatic nitrogens is 2. The Morgan fingerprint density at radius 3 is 1.72 bits per heavy atom. The second-order valence-electron chi connectivity index (χ2n) is 37.5. The fourth-order valence-corrected chi connectivity index (χ4v) is 19.3. The molecule has 39 heteroatoms. The van der Waals surface area contributed by atoms with Gasteiger partial charge in [0.25, 0.3) is 0 Å². The number of aliphatic hydroxyl groups is 1. The predicted octanol–water partition coefficient (Wildman–Crippen LogP) is 2.50. The van der Waals surface area contributed by atoms with E-state index in [2.05, 4.69) is 57.8 Å². The van der Waals surface area contributed by atoms with Gasteiger partial charge in [0.15, 0.2) is 5.78 Å². The Labute approximate surface area is 808 Å². The maximum Gasteiger partial charge on any atom is 0.246 e. The number of H-pyrrole nitrogens is 2. The molecule has 6 heterocycles. The van der Waals surface area contributed by atoms with Crippen LogP contribution in [0.2, 0.25) is 0 Å². The molecule has 16 amide bonds. The lowest BCUT2D eigenvalue weighted by Crippen LogP contribution is -2.61. The lowest BCUT2D eigenvalue weighted by atomic mass is 9.89. The Bertz CT molecular complexity index is 5300. The van der Waals surface area contributed by atoms with Crippen molar-refractivity contribution < 1.29 is 91.7 Å². The zero-order valence-corrected chi connectivity index (χ0v) is 81.3. The Morgan fingerprint density at radius 2 is 1.09 bits per heavy atom. The van der Waals surface area contributed by atoms with Gasteiger partial charge in [0.1, 0.15) is 72.2 Å². The van der Waals surface area contributed by atoms with Crippen LogP contribution in [0.15, 0.2) is 116 Å². The molecule has 4 aliphatic heterocycles. The standard InChI is InChI=1S/C99H137N19O19S/c1-11-13-29-79-93(131)108-72(41-57(3)4)91(129)112-78(90(128)105-53-87(125)116-39-36-62(37-40-116)61-23-16-15-17-24-61)55-138-56-86(124)107-74(43-60-32-34-66(119)35-33-60)95(133)113(8)59(7)88(126)109-76(48-84(101)122)97(135)117-38-22-31-80(117)94(132)111-77(49-100)92(130)110-73(42-58(5)6)98(136)118-54-67(120)47-82(118)83(121)46-63(44-64-50-102-70-27-20-18-25-68(64)70)89(127)104-52-85(123)106-75(45-65-51-103-71-28-21-19-26-69(65)71)96(134)115(10)81(30-14-12-2)99(137)114(79)9/h15-21,23-28,32-35,50-51,57-59,62-63,67,72-82,102-103,119-120H,11-14,22,29-31,36-49,52-56,100H2,1-10H3,(H2,101,122)(H,104,127)(H,105,128)(H,106,123)(H,107,124)(H,108,131)(H,109,126)(H,110,130)(H,111,132)(H,112,129)/t59-,63+,67+,72-,73-,74-,75-,76-,77-,78-,79-,80-,81-,82-/m0/s1. The van der Waals surface area contributed by atoms with Gasteiger partial charge in [0.2, 0.25) is 94.5 Å². The van der Waals surface area contributed by atoms with E-state index in [0.717, 1.165) is 32.0 Å². The third kappa shape index (κ3) is 29.2. The van der Waals surface area contributed by atoms with E-state index in [1.165, 1.54) is 62.1 Å². The molecule has 0 unspecified atom stereocenters. The number of aliphatic hydroxyl groups excluding tert-OH is 1. The van der Waals surface area contributed by atoms with E-state index < -0.39 is 223 Å². The molecule has 4 aliphatic rings. The third-order valence-electron chi connectivity index (χ3n) is 26.3. The van der Waals surface area contributed by atoms with Gasteiger partial charge in [-0.15, -0.1) is 11.8 Å². The Kier molecular flexibility index (Phi) is 39.7. The van der Waals surface area contributed by atoms with Crippen LogP contribution in [0, 0.1) is 17.8 Å². The number of hydrogen-bond acceptors (Lipinski definition) is 21. The molecule has 17 N–H and O–H groups in total. The number of para-hydroxylation sites is 2. The van der Waals surface area contributed by atoms with Gasteiger partial charge in [0, 0.05) is 125 Å². The summed E-state index contributed by atoms with van der Waals surface area (Å²) in [6, 6.07) is 12.8. The first-order valence-corrected chi connectivity index (χ1v) is 49.1. The van der Waals surface area contributed by atoms with Crippen molar-refractivity contribution in [3.63, 3.8) is 0 Å². The summed E-state index contributed by atoms with van der Waals surface area (Å²) in [5.41, 5.74) is 16.1. The van der Waals surface area contributed by atoms with Crippen molar-refractivity contribution in [2.24, 2.45) is 29.2 Å². The largest absolute Gasteiger partial charge is 0.508 e. The third-order valence-corrected chi connectivity index (χ3v) is 27.4. The number of phenols is 1. The molecular weight excluding hydrogens is 1790 g/mol. The highest BCUT2D eigenvalue weighted by atomic mass is 32.2. The first-order chi connectivity index (χ1) is 65.9. The molecule has 0 bridgehead atoms. The summed E-state index contributed by atoms with van der Waals surface area (Å²) >= 11 is 0.853. The number of piperidine rings is 1.